The molecule has 1 aromatic heterocycles. The largest absolute Gasteiger partial charge is 0.337 e. The van der Waals surface area contributed by atoms with Gasteiger partial charge in [-0.2, -0.15) is 0 Å². The van der Waals surface area contributed by atoms with Crippen molar-refractivity contribution in [2.45, 2.75) is 32.4 Å². The average molecular weight is 305 g/mol. The third kappa shape index (κ3) is 3.66. The molecule has 1 N–H and O–H groups in total. The van der Waals surface area contributed by atoms with Crippen molar-refractivity contribution in [3.8, 4) is 0 Å². The van der Waals surface area contributed by atoms with Crippen LogP contribution in [0, 0.1) is 0 Å². The predicted octanol–water partition coefficient (Wildman–Crippen LogP) is 2.73. The van der Waals surface area contributed by atoms with E-state index in [2.05, 4.69) is 42.2 Å². The van der Waals surface area contributed by atoms with Gasteiger partial charge in [-0.05, 0) is 37.6 Å². The molecule has 21 heavy (non-hydrogen) atoms. The minimum Gasteiger partial charge on any atom is -0.337 e. The second-order valence-corrected chi connectivity index (χ2v) is 6.28. The Morgan fingerprint density at radius 3 is 2.62 bits per heavy atom. The number of likely N-dealkylation sites (N-methyl/N-ethyl adjacent to an activating group) is 1. The zero-order valence-electron chi connectivity index (χ0n) is 12.9. The first-order valence-corrected chi connectivity index (χ1v) is 8.35. The maximum atomic E-state index is 12.2. The van der Waals surface area contributed by atoms with E-state index in [1.54, 1.807) is 24.2 Å². The van der Waals surface area contributed by atoms with Crippen molar-refractivity contribution >= 4 is 22.6 Å². The second-order valence-electron chi connectivity index (χ2n) is 5.26. The van der Waals surface area contributed by atoms with Crippen LogP contribution in [0.2, 0.25) is 0 Å². The van der Waals surface area contributed by atoms with E-state index in [0.29, 0.717) is 5.75 Å². The van der Waals surface area contributed by atoms with E-state index in [1.165, 1.54) is 0 Å². The zero-order chi connectivity index (χ0) is 15.3. The van der Waals surface area contributed by atoms with Crippen molar-refractivity contribution in [3.63, 3.8) is 0 Å². The molecule has 5 heteroatoms. The third-order valence-corrected chi connectivity index (χ3v) is 5.27. The highest BCUT2D eigenvalue weighted by molar-refractivity contribution is 8.08. The van der Waals surface area contributed by atoms with Crippen molar-refractivity contribution in [1.29, 1.82) is 0 Å². The number of pyridine rings is 1. The Labute approximate surface area is 131 Å². The molecule has 114 valence electrons. The fourth-order valence-corrected chi connectivity index (χ4v) is 3.53. The topological polar surface area (TPSA) is 45.2 Å². The van der Waals surface area contributed by atoms with Gasteiger partial charge in [0.15, 0.2) is 0 Å². The molecule has 2 rings (SSSR count). The molecule has 0 aromatic carbocycles. The first kappa shape index (κ1) is 16.0. The Kier molecular flexibility index (Phi) is 5.42. The van der Waals surface area contributed by atoms with Crippen LogP contribution >= 0.6 is 11.8 Å². The van der Waals surface area contributed by atoms with Gasteiger partial charge in [-0.15, -0.1) is 11.8 Å². The van der Waals surface area contributed by atoms with Gasteiger partial charge in [-0.25, -0.2) is 0 Å². The number of nitrogens with one attached hydrogen (secondary N) is 1. The standard InChI is InChI=1S/C16H23N3OS/c1-4-16(5-2)18-15(20)12-21-14(8-11-19(16)3)13-6-9-17-10-7-13/h6-10H,4-5,11-12H2,1-3H3,(H,18,20). The van der Waals surface area contributed by atoms with Crippen LogP contribution in [0.25, 0.3) is 4.91 Å². The third-order valence-electron chi connectivity index (χ3n) is 4.15. The highest BCUT2D eigenvalue weighted by atomic mass is 32.2. The summed E-state index contributed by atoms with van der Waals surface area (Å²) in [6.07, 6.45) is 7.58. The smallest absolute Gasteiger partial charge is 0.231 e. The molecule has 1 amide bonds. The van der Waals surface area contributed by atoms with Crippen LogP contribution in [0.3, 0.4) is 0 Å². The van der Waals surface area contributed by atoms with Gasteiger partial charge in [0.2, 0.25) is 5.91 Å². The van der Waals surface area contributed by atoms with Crippen molar-refractivity contribution in [2.75, 3.05) is 19.3 Å². The molecule has 0 aliphatic carbocycles. The van der Waals surface area contributed by atoms with Gasteiger partial charge in [0.05, 0.1) is 11.4 Å². The molecule has 4 nitrogen and oxygen atoms in total. The highest BCUT2D eigenvalue weighted by Gasteiger charge is 2.32. The summed E-state index contributed by atoms with van der Waals surface area (Å²) in [6, 6.07) is 3.98. The predicted molar refractivity (Wildman–Crippen MR) is 88.8 cm³/mol. The first-order chi connectivity index (χ1) is 10.1. The van der Waals surface area contributed by atoms with Crippen molar-refractivity contribution in [3.05, 3.63) is 36.2 Å². The maximum Gasteiger partial charge on any atom is 0.231 e. The summed E-state index contributed by atoms with van der Waals surface area (Å²) in [5.74, 6) is 0.543. The van der Waals surface area contributed by atoms with Gasteiger partial charge in [0.25, 0.3) is 0 Å². The number of thioether (sulfide) groups is 1. The molecule has 1 aliphatic rings. The molecular weight excluding hydrogens is 282 g/mol. The van der Waals surface area contributed by atoms with Crippen LogP contribution in [-0.2, 0) is 4.79 Å². The lowest BCUT2D eigenvalue weighted by Gasteiger charge is -2.40. The maximum absolute atomic E-state index is 12.2. The molecule has 0 bridgehead atoms. The minimum absolute atomic E-state index is 0.0948. The molecule has 0 fully saturated rings. The van der Waals surface area contributed by atoms with E-state index < -0.39 is 0 Å². The Morgan fingerprint density at radius 2 is 2.00 bits per heavy atom. The normalized spacial score (nSPS) is 20.0. The van der Waals surface area contributed by atoms with E-state index in [9.17, 15) is 4.79 Å². The number of nitrogens with zero attached hydrogens (tertiary/aromatic N) is 2. The number of aromatic nitrogens is 1. The molecule has 0 radical (unpaired) electrons. The summed E-state index contributed by atoms with van der Waals surface area (Å²) >= 11 is 1.59. The number of amides is 1. The zero-order valence-corrected chi connectivity index (χ0v) is 13.7. The SMILES string of the molecule is CCC1(CC)NC(=O)CSC(c2ccncc2)=CCN1C. The van der Waals surface area contributed by atoms with Crippen LogP contribution in [0.15, 0.2) is 30.6 Å². The van der Waals surface area contributed by atoms with E-state index >= 15 is 0 Å². The monoisotopic (exact) mass is 305 g/mol. The minimum atomic E-state index is -0.248. The summed E-state index contributed by atoms with van der Waals surface area (Å²) in [4.78, 5) is 19.7. The van der Waals surface area contributed by atoms with Crippen molar-refractivity contribution in [2.24, 2.45) is 0 Å². The average Bonchev–Trinajstić information content (AvgIpc) is 2.58. The van der Waals surface area contributed by atoms with E-state index in [4.69, 9.17) is 0 Å². The molecule has 0 saturated carbocycles. The molecule has 0 unspecified atom stereocenters. The molecular formula is C16H23N3OS. The van der Waals surface area contributed by atoms with Crippen LogP contribution in [-0.4, -0.2) is 40.8 Å². The number of hydrogen-bond acceptors (Lipinski definition) is 4. The molecule has 0 saturated heterocycles. The van der Waals surface area contributed by atoms with E-state index in [-0.39, 0.29) is 11.6 Å². The Morgan fingerprint density at radius 1 is 1.33 bits per heavy atom. The number of carbonyl (C=O) groups excluding carboxylic acids is 1. The van der Waals surface area contributed by atoms with E-state index in [0.717, 1.165) is 29.9 Å². The van der Waals surface area contributed by atoms with Gasteiger partial charge in [-0.3, -0.25) is 14.7 Å². The van der Waals surface area contributed by atoms with Crippen LogP contribution < -0.4 is 5.32 Å². The lowest BCUT2D eigenvalue weighted by atomic mass is 10.0. The molecule has 0 spiro atoms. The Balaban J connectivity index is 2.29. The van der Waals surface area contributed by atoms with Gasteiger partial charge >= 0.3 is 0 Å². The Hall–Kier alpha value is -1.33. The molecule has 1 aromatic rings. The van der Waals surface area contributed by atoms with Crippen LogP contribution in [0.5, 0.6) is 0 Å². The summed E-state index contributed by atoms with van der Waals surface area (Å²) < 4.78 is 0. The van der Waals surface area contributed by atoms with Crippen LogP contribution in [0.4, 0.5) is 0 Å². The lowest BCUT2D eigenvalue weighted by molar-refractivity contribution is -0.123. The van der Waals surface area contributed by atoms with Gasteiger partial charge in [0.1, 0.15) is 0 Å². The quantitative estimate of drug-likeness (QED) is 0.932. The fourth-order valence-electron chi connectivity index (χ4n) is 2.67. The summed E-state index contributed by atoms with van der Waals surface area (Å²) in [7, 11) is 2.07. The second kappa shape index (κ2) is 7.09. The summed E-state index contributed by atoms with van der Waals surface area (Å²) in [6.45, 7) is 5.06. The van der Waals surface area contributed by atoms with E-state index in [1.807, 2.05) is 12.1 Å². The number of carbonyl (C=O) groups is 1. The van der Waals surface area contributed by atoms with Crippen molar-refractivity contribution < 1.29 is 4.79 Å². The first-order valence-electron chi connectivity index (χ1n) is 7.37. The summed E-state index contributed by atoms with van der Waals surface area (Å²) in [5, 5.41) is 3.21. The fraction of sp³-hybridized carbons (Fsp3) is 0.500. The number of hydrogen-bond donors (Lipinski definition) is 1. The summed E-state index contributed by atoms with van der Waals surface area (Å²) in [5.41, 5.74) is 0.874. The van der Waals surface area contributed by atoms with Crippen LogP contribution in [0.1, 0.15) is 32.3 Å². The van der Waals surface area contributed by atoms with Gasteiger partial charge < -0.3 is 5.32 Å². The Bertz CT molecular complexity index is 512. The van der Waals surface area contributed by atoms with Gasteiger partial charge in [-0.1, -0.05) is 19.9 Å². The molecule has 2 heterocycles. The van der Waals surface area contributed by atoms with Gasteiger partial charge in [0, 0.05) is 23.8 Å². The van der Waals surface area contributed by atoms with Crippen molar-refractivity contribution in [1.82, 2.24) is 15.2 Å². The lowest BCUT2D eigenvalue weighted by Crippen LogP contribution is -2.58. The molecule has 1 aliphatic heterocycles. The number of rotatable bonds is 3. The molecule has 0 atom stereocenters. The highest BCUT2D eigenvalue weighted by Crippen LogP contribution is 2.29.